The van der Waals surface area contributed by atoms with Crippen molar-refractivity contribution in [2.75, 3.05) is 13.7 Å². The third-order valence-electron chi connectivity index (χ3n) is 14.4. The Morgan fingerprint density at radius 2 is 1.45 bits per heavy atom. The molecule has 0 radical (unpaired) electrons. The van der Waals surface area contributed by atoms with Crippen molar-refractivity contribution in [3.63, 3.8) is 0 Å². The maximum absolute atomic E-state index is 14.4. The Balaban J connectivity index is 0.00000817. The molecule has 6 unspecified atom stereocenters. The summed E-state index contributed by atoms with van der Waals surface area (Å²) >= 11 is 0. The molecule has 6 rings (SSSR count). The van der Waals surface area contributed by atoms with E-state index < -0.39 is 11.9 Å². The minimum atomic E-state index is -1.26. The average Bonchev–Trinajstić information content (AvgIpc) is 4.00. The van der Waals surface area contributed by atoms with Crippen LogP contribution in [-0.2, 0) is 19.1 Å². The number of allylic oxidation sites excluding steroid dienone is 3. The van der Waals surface area contributed by atoms with Crippen molar-refractivity contribution in [2.24, 2.45) is 17.8 Å². The molecule has 5 heterocycles. The molecule has 0 saturated carbocycles. The van der Waals surface area contributed by atoms with Gasteiger partial charge in [-0.2, -0.15) is 0 Å². The number of ether oxygens (including phenoxy) is 2. The zero-order valence-electron chi connectivity index (χ0n) is 41.9. The van der Waals surface area contributed by atoms with Gasteiger partial charge < -0.3 is 19.4 Å². The zero-order valence-corrected chi connectivity index (χ0v) is 43.3. The maximum atomic E-state index is 14.4. The molecule has 10 nitrogen and oxygen atoms in total. The number of aryl methyl sites for hydroxylation is 2. The maximum Gasteiger partial charge on any atom is 2.00 e. The van der Waals surface area contributed by atoms with E-state index in [2.05, 4.69) is 41.5 Å². The molecule has 350 valence electrons. The Morgan fingerprint density at radius 3 is 2.09 bits per heavy atom. The molecule has 66 heavy (non-hydrogen) atoms. The number of rotatable bonds is 19. The van der Waals surface area contributed by atoms with Crippen molar-refractivity contribution >= 4 is 74.2 Å². The summed E-state index contributed by atoms with van der Waals surface area (Å²) in [6, 6.07) is 5.67. The minimum absolute atomic E-state index is 0. The van der Waals surface area contributed by atoms with Gasteiger partial charge in [-0.15, -0.1) is 22.1 Å². The van der Waals surface area contributed by atoms with Gasteiger partial charge in [-0.3, -0.25) is 29.1 Å². The van der Waals surface area contributed by atoms with Crippen LogP contribution in [0.3, 0.4) is 0 Å². The Kier molecular flexibility index (Phi) is 18.4. The first-order valence-electron chi connectivity index (χ1n) is 24.2. The first-order chi connectivity index (χ1) is 30.9. The van der Waals surface area contributed by atoms with E-state index in [0.717, 1.165) is 41.5 Å². The third kappa shape index (κ3) is 11.7. The van der Waals surface area contributed by atoms with Gasteiger partial charge in [0.15, 0.2) is 11.6 Å². The smallest absolute Gasteiger partial charge is 0.657 e. The summed E-state index contributed by atoms with van der Waals surface area (Å²) in [6.07, 6.45) is 15.7. The number of hydrogen-bond acceptors (Lipinski definition) is 8. The van der Waals surface area contributed by atoms with Crippen molar-refractivity contribution in [3.8, 4) is 0 Å². The first-order valence-corrected chi connectivity index (χ1v) is 24.2. The summed E-state index contributed by atoms with van der Waals surface area (Å²) in [5.41, 5.74) is 9.66. The number of methoxy groups -OCH3 is 1. The summed E-state index contributed by atoms with van der Waals surface area (Å²) in [6.45, 7) is 23.0. The molecule has 6 atom stereocenters. The van der Waals surface area contributed by atoms with Gasteiger partial charge in [0.2, 0.25) is 0 Å². The second kappa shape index (κ2) is 23.1. The van der Waals surface area contributed by atoms with Crippen LogP contribution < -0.4 is 9.97 Å². The summed E-state index contributed by atoms with van der Waals surface area (Å²) in [5, 5.41) is 0. The van der Waals surface area contributed by atoms with Gasteiger partial charge in [0.05, 0.1) is 12.8 Å². The van der Waals surface area contributed by atoms with E-state index in [1.807, 2.05) is 58.0 Å². The molecule has 1 aliphatic carbocycles. The van der Waals surface area contributed by atoms with Crippen LogP contribution >= 0.6 is 0 Å². The molecule has 0 aromatic carbocycles. The van der Waals surface area contributed by atoms with Crippen LogP contribution in [0.15, 0.2) is 35.9 Å². The predicted molar refractivity (Wildman–Crippen MR) is 265 cm³/mol. The standard InChI is InChI=1S/C55H73N4O6.Mg/c1-13-39-34(7)41-29-46-48(38(11)60)36(9)43(57-46)27-42-35(8)40(52(58-42)50-51(55(63)64-12)54(62)49-37(10)44(59-53(49)50)28-45(39)56-41)23-24-47(61)65-26-25-33(6)22-16-21-32(5)20-15-19-31(4)18-14-17-30(2)3;/h13,25,27-32,34-35,40,51H,14-24,26H2,1-12H3,(H-,56,57,58,59,60,62);/q-1;+2/p-1. The minimum Gasteiger partial charge on any atom is -0.657 e. The fourth-order valence-corrected chi connectivity index (χ4v) is 10.3. The van der Waals surface area contributed by atoms with Gasteiger partial charge in [-0.25, -0.2) is 0 Å². The number of esters is 2. The number of hydrogen-bond donors (Lipinski definition) is 0. The van der Waals surface area contributed by atoms with Crippen LogP contribution in [0.25, 0.3) is 27.6 Å². The van der Waals surface area contributed by atoms with Gasteiger partial charge in [0.25, 0.3) is 0 Å². The fraction of sp³-hybridized carbons (Fsp3) is 0.564. The molecule has 3 aliphatic rings. The number of carbonyl (C=O) groups is 4. The second-order valence-electron chi connectivity index (χ2n) is 19.8. The molecular formula is C55H72MgN4O6. The Bertz CT molecular complexity index is 2530. The van der Waals surface area contributed by atoms with Crippen molar-refractivity contribution < 1.29 is 28.7 Å². The van der Waals surface area contributed by atoms with Crippen molar-refractivity contribution in [1.82, 2.24) is 19.9 Å². The summed E-state index contributed by atoms with van der Waals surface area (Å²) < 4.78 is 11.0. The SMILES string of the molecule is CC=C1c2cc3[n-]c4c(c3C)C(=O)C(C(=O)OC)c4c3nc(cc4[n-]c(cc(n2)C1C)c(C(C)=O)c4C)C(C)C3CCC(=O)OCC=C(C)CCCC(C)CCCC(C)CCCC(C)C.[Mg+2]. The van der Waals surface area contributed by atoms with Crippen LogP contribution in [0.1, 0.15) is 217 Å². The normalized spacial score (nSPS) is 19.6. The average molecular weight is 910 g/mol. The van der Waals surface area contributed by atoms with E-state index in [0.29, 0.717) is 73.7 Å². The number of ketones is 2. The molecule has 3 aromatic heterocycles. The Labute approximate surface area is 409 Å². The molecule has 0 spiro atoms. The van der Waals surface area contributed by atoms with E-state index in [9.17, 15) is 19.2 Å². The van der Waals surface area contributed by atoms with E-state index in [1.165, 1.54) is 57.6 Å². The molecule has 3 aromatic rings. The Hall–Kier alpha value is -4.35. The van der Waals surface area contributed by atoms with Crippen LogP contribution in [0.5, 0.6) is 0 Å². The number of aromatic nitrogens is 4. The number of carbonyl (C=O) groups excluding carboxylic acids is 4. The zero-order chi connectivity index (χ0) is 47.3. The summed E-state index contributed by atoms with van der Waals surface area (Å²) in [5.74, 6) is -1.17. The quantitative estimate of drug-likeness (QED) is 0.0375. The molecule has 0 fully saturated rings. The van der Waals surface area contributed by atoms with Crippen molar-refractivity contribution in [3.05, 3.63) is 86.5 Å². The van der Waals surface area contributed by atoms with Gasteiger partial charge in [-0.1, -0.05) is 127 Å². The van der Waals surface area contributed by atoms with E-state index >= 15 is 0 Å². The van der Waals surface area contributed by atoms with Gasteiger partial charge in [0.1, 0.15) is 12.5 Å². The Morgan fingerprint density at radius 1 is 0.818 bits per heavy atom. The monoisotopic (exact) mass is 909 g/mol. The van der Waals surface area contributed by atoms with E-state index in [4.69, 9.17) is 29.4 Å². The molecule has 8 bridgehead atoms. The van der Waals surface area contributed by atoms with E-state index in [1.54, 1.807) is 6.92 Å². The fourth-order valence-electron chi connectivity index (χ4n) is 10.3. The topological polar surface area (TPSA) is 141 Å². The van der Waals surface area contributed by atoms with Gasteiger partial charge >= 0.3 is 35.0 Å². The van der Waals surface area contributed by atoms with Crippen molar-refractivity contribution in [2.45, 2.75) is 170 Å². The molecule has 0 N–H and O–H groups in total. The summed E-state index contributed by atoms with van der Waals surface area (Å²) in [4.78, 5) is 74.8. The van der Waals surface area contributed by atoms with Gasteiger partial charge in [0, 0.05) is 52.4 Å². The number of fused-ring (bicyclic) bond motifs is 8. The second-order valence-corrected chi connectivity index (χ2v) is 19.8. The molecule has 2 aliphatic heterocycles. The van der Waals surface area contributed by atoms with Crippen LogP contribution in [0.4, 0.5) is 0 Å². The largest absolute Gasteiger partial charge is 2.00 e. The van der Waals surface area contributed by atoms with E-state index in [-0.39, 0.29) is 71.4 Å². The molecule has 11 heteroatoms. The number of nitrogens with zero attached hydrogens (tertiary/aromatic N) is 4. The van der Waals surface area contributed by atoms with Crippen molar-refractivity contribution in [1.29, 1.82) is 0 Å². The molecule has 0 saturated heterocycles. The molecular weight excluding hydrogens is 837 g/mol. The van der Waals surface area contributed by atoms with Gasteiger partial charge in [-0.05, 0) is 88.8 Å². The molecule has 0 amide bonds. The van der Waals surface area contributed by atoms with Crippen LogP contribution in [0.2, 0.25) is 0 Å². The number of Topliss-reactive ketones (excluding diaryl/α,β-unsaturated/α-hetero) is 2. The summed E-state index contributed by atoms with van der Waals surface area (Å²) in [7, 11) is 1.28. The van der Waals surface area contributed by atoms with Crippen LogP contribution in [0, 0.1) is 31.6 Å². The first kappa shape index (κ1) is 52.6. The predicted octanol–water partition coefficient (Wildman–Crippen LogP) is 12.3. The van der Waals surface area contributed by atoms with Crippen LogP contribution in [-0.4, -0.2) is 70.2 Å². The third-order valence-corrected chi connectivity index (χ3v) is 14.4.